The fourth-order valence-electron chi connectivity index (χ4n) is 3.95. The Morgan fingerprint density at radius 3 is 2.58 bits per heavy atom. The molecule has 0 spiro atoms. The molecule has 0 bridgehead atoms. The van der Waals surface area contributed by atoms with Gasteiger partial charge >= 0.3 is 0 Å². The van der Waals surface area contributed by atoms with Crippen molar-refractivity contribution in [3.63, 3.8) is 0 Å². The largest absolute Gasteiger partial charge is 0.324 e. The highest BCUT2D eigenvalue weighted by atomic mass is 35.5. The van der Waals surface area contributed by atoms with Gasteiger partial charge in [0.25, 0.3) is 0 Å². The lowest BCUT2D eigenvalue weighted by molar-refractivity contribution is -0.118. The molecule has 2 aromatic carbocycles. The van der Waals surface area contributed by atoms with E-state index < -0.39 is 23.7 Å². The zero-order valence-electron chi connectivity index (χ0n) is 16.5. The van der Waals surface area contributed by atoms with E-state index >= 15 is 0 Å². The van der Waals surface area contributed by atoms with Gasteiger partial charge in [0.15, 0.2) is 0 Å². The van der Waals surface area contributed by atoms with Crippen LogP contribution in [0.3, 0.4) is 0 Å². The topological polar surface area (TPSA) is 72.7 Å². The number of rotatable bonds is 5. The first kappa shape index (κ1) is 21.6. The summed E-state index contributed by atoms with van der Waals surface area (Å²) < 4.78 is 27.9. The molecule has 1 heterocycles. The predicted molar refractivity (Wildman–Crippen MR) is 114 cm³/mol. The number of tetrazole rings is 1. The fraction of sp³-hybridized carbons (Fsp3) is 0.333. The van der Waals surface area contributed by atoms with Crippen molar-refractivity contribution in [2.75, 3.05) is 5.32 Å². The Morgan fingerprint density at radius 1 is 1.23 bits per heavy atom. The SMILES string of the molecule is Cn1nnc(-c2ccc(C(C(=O)Nc3cc(Cl)ccc3Cl)C3CCC(F)(F)C3)cc2)n1. The highest BCUT2D eigenvalue weighted by Crippen LogP contribution is 2.46. The van der Waals surface area contributed by atoms with Gasteiger partial charge in [0, 0.05) is 23.4 Å². The molecule has 3 aromatic rings. The van der Waals surface area contributed by atoms with Gasteiger partial charge in [-0.2, -0.15) is 4.80 Å². The number of nitrogens with zero attached hydrogens (tertiary/aromatic N) is 4. The number of amides is 1. The van der Waals surface area contributed by atoms with E-state index in [9.17, 15) is 13.6 Å². The maximum absolute atomic E-state index is 14.0. The van der Waals surface area contributed by atoms with Crippen LogP contribution in [0.15, 0.2) is 42.5 Å². The summed E-state index contributed by atoms with van der Waals surface area (Å²) in [6.45, 7) is 0. The van der Waals surface area contributed by atoms with Crippen LogP contribution in [0.25, 0.3) is 11.4 Å². The highest BCUT2D eigenvalue weighted by molar-refractivity contribution is 6.35. The van der Waals surface area contributed by atoms with Crippen LogP contribution < -0.4 is 5.32 Å². The van der Waals surface area contributed by atoms with Crippen LogP contribution in [0.5, 0.6) is 0 Å². The van der Waals surface area contributed by atoms with Gasteiger partial charge in [0.2, 0.25) is 17.7 Å². The van der Waals surface area contributed by atoms with E-state index in [1.165, 1.54) is 10.9 Å². The molecule has 1 saturated carbocycles. The average Bonchev–Trinajstić information content (AvgIpc) is 3.30. The lowest BCUT2D eigenvalue weighted by Crippen LogP contribution is -2.27. The minimum atomic E-state index is -2.78. The quantitative estimate of drug-likeness (QED) is 0.551. The summed E-state index contributed by atoms with van der Waals surface area (Å²) in [7, 11) is 1.66. The lowest BCUT2D eigenvalue weighted by atomic mass is 9.83. The van der Waals surface area contributed by atoms with Gasteiger partial charge in [-0.25, -0.2) is 8.78 Å². The molecule has 162 valence electrons. The molecule has 1 aliphatic carbocycles. The first-order valence-corrected chi connectivity index (χ1v) is 10.5. The number of carbonyl (C=O) groups excluding carboxylic acids is 1. The third kappa shape index (κ3) is 4.85. The van der Waals surface area contributed by atoms with Gasteiger partial charge < -0.3 is 5.32 Å². The number of alkyl halides is 2. The Kier molecular flexibility index (Phi) is 5.94. The number of aromatic nitrogens is 4. The highest BCUT2D eigenvalue weighted by Gasteiger charge is 2.45. The maximum atomic E-state index is 14.0. The third-order valence-corrected chi connectivity index (χ3v) is 5.98. The Labute approximate surface area is 187 Å². The molecule has 2 unspecified atom stereocenters. The van der Waals surface area contributed by atoms with E-state index in [1.54, 1.807) is 43.4 Å². The summed E-state index contributed by atoms with van der Waals surface area (Å²) in [4.78, 5) is 14.6. The molecule has 0 aliphatic heterocycles. The number of aryl methyl sites for hydroxylation is 1. The molecule has 1 aromatic heterocycles. The van der Waals surface area contributed by atoms with Gasteiger partial charge in [0.05, 0.1) is 23.7 Å². The van der Waals surface area contributed by atoms with Gasteiger partial charge in [-0.1, -0.05) is 47.5 Å². The van der Waals surface area contributed by atoms with E-state index in [0.29, 0.717) is 32.7 Å². The van der Waals surface area contributed by atoms with E-state index in [0.717, 1.165) is 0 Å². The number of hydrogen-bond donors (Lipinski definition) is 1. The van der Waals surface area contributed by atoms with Gasteiger partial charge in [-0.3, -0.25) is 4.79 Å². The van der Waals surface area contributed by atoms with E-state index in [1.807, 2.05) is 0 Å². The van der Waals surface area contributed by atoms with Gasteiger partial charge in [-0.15, -0.1) is 10.2 Å². The predicted octanol–water partition coefficient (Wildman–Crippen LogP) is 5.34. The van der Waals surface area contributed by atoms with Crippen molar-refractivity contribution >= 4 is 34.8 Å². The summed E-state index contributed by atoms with van der Waals surface area (Å²) >= 11 is 12.2. The second-order valence-electron chi connectivity index (χ2n) is 7.67. The zero-order valence-corrected chi connectivity index (χ0v) is 18.0. The zero-order chi connectivity index (χ0) is 22.2. The fourth-order valence-corrected chi connectivity index (χ4v) is 4.29. The molecule has 2 atom stereocenters. The van der Waals surface area contributed by atoms with Crippen molar-refractivity contribution in [2.45, 2.75) is 31.1 Å². The number of nitrogens with one attached hydrogen (secondary N) is 1. The van der Waals surface area contributed by atoms with Gasteiger partial charge in [-0.05, 0) is 41.3 Å². The molecule has 4 rings (SSSR count). The van der Waals surface area contributed by atoms with Crippen molar-refractivity contribution in [1.29, 1.82) is 0 Å². The van der Waals surface area contributed by atoms with Crippen LogP contribution >= 0.6 is 23.2 Å². The lowest BCUT2D eigenvalue weighted by Gasteiger charge is -2.24. The summed E-state index contributed by atoms with van der Waals surface area (Å²) in [6, 6.07) is 11.7. The molecular formula is C21H19Cl2F2N5O. The summed E-state index contributed by atoms with van der Waals surface area (Å²) in [5.74, 6) is -4.02. The van der Waals surface area contributed by atoms with Crippen LogP contribution in [0.2, 0.25) is 10.0 Å². The number of anilines is 1. The Balaban J connectivity index is 1.64. The Morgan fingerprint density at radius 2 is 1.97 bits per heavy atom. The molecular weight excluding hydrogens is 447 g/mol. The molecule has 0 saturated heterocycles. The molecule has 10 heteroatoms. The summed E-state index contributed by atoms with van der Waals surface area (Å²) in [6.07, 6.45) is -0.329. The first-order valence-electron chi connectivity index (χ1n) is 9.70. The van der Waals surface area contributed by atoms with Crippen LogP contribution in [0.4, 0.5) is 14.5 Å². The summed E-state index contributed by atoms with van der Waals surface area (Å²) in [5, 5.41) is 15.4. The first-order chi connectivity index (χ1) is 14.7. The molecule has 1 fully saturated rings. The van der Waals surface area contributed by atoms with E-state index in [-0.39, 0.29) is 19.3 Å². The second-order valence-corrected chi connectivity index (χ2v) is 8.52. The van der Waals surface area contributed by atoms with Crippen molar-refractivity contribution < 1.29 is 13.6 Å². The molecule has 1 aliphatic rings. The van der Waals surface area contributed by atoms with Crippen molar-refractivity contribution in [1.82, 2.24) is 20.2 Å². The maximum Gasteiger partial charge on any atom is 0.248 e. The third-order valence-electron chi connectivity index (χ3n) is 5.42. The van der Waals surface area contributed by atoms with Crippen LogP contribution in [0.1, 0.15) is 30.7 Å². The van der Waals surface area contributed by atoms with Gasteiger partial charge in [0.1, 0.15) is 0 Å². The molecule has 1 amide bonds. The molecule has 6 nitrogen and oxygen atoms in total. The minimum absolute atomic E-state index is 0.235. The molecule has 0 radical (unpaired) electrons. The van der Waals surface area contributed by atoms with E-state index in [4.69, 9.17) is 23.2 Å². The van der Waals surface area contributed by atoms with Crippen molar-refractivity contribution in [3.8, 4) is 11.4 Å². The molecule has 1 N–H and O–H groups in total. The Bertz CT molecular complexity index is 1100. The normalized spacial score (nSPS) is 18.7. The molecule has 31 heavy (non-hydrogen) atoms. The van der Waals surface area contributed by atoms with Crippen molar-refractivity contribution in [2.24, 2.45) is 13.0 Å². The van der Waals surface area contributed by atoms with Crippen LogP contribution in [-0.4, -0.2) is 32.0 Å². The average molecular weight is 466 g/mol. The Hall–Kier alpha value is -2.58. The number of halogens is 4. The van der Waals surface area contributed by atoms with Crippen LogP contribution in [-0.2, 0) is 11.8 Å². The monoisotopic (exact) mass is 465 g/mol. The second kappa shape index (κ2) is 8.51. The van der Waals surface area contributed by atoms with Crippen molar-refractivity contribution in [3.05, 3.63) is 58.1 Å². The standard InChI is InChI=1S/C21H19Cl2F2N5O/c1-30-28-19(27-29-30)13-4-2-12(3-5-13)18(14-8-9-21(24,25)11-14)20(31)26-17-10-15(22)6-7-16(17)23/h2-7,10,14,18H,8-9,11H2,1H3,(H,26,31). The minimum Gasteiger partial charge on any atom is -0.324 e. The summed E-state index contributed by atoms with van der Waals surface area (Å²) in [5.41, 5.74) is 1.69. The van der Waals surface area contributed by atoms with E-state index in [2.05, 4.69) is 20.7 Å². The smallest absolute Gasteiger partial charge is 0.248 e. The van der Waals surface area contributed by atoms with Crippen LogP contribution in [0, 0.1) is 5.92 Å². The number of hydrogen-bond acceptors (Lipinski definition) is 4. The number of benzene rings is 2. The number of carbonyl (C=O) groups is 1.